The summed E-state index contributed by atoms with van der Waals surface area (Å²) in [5.74, 6) is 0.331. The maximum absolute atomic E-state index is 11.4. The molecule has 2 aliphatic heterocycles. The molecule has 3 rings (SSSR count). The van der Waals surface area contributed by atoms with Gasteiger partial charge in [0.2, 0.25) is 0 Å². The molecule has 0 saturated carbocycles. The van der Waals surface area contributed by atoms with Crippen LogP contribution in [0.4, 0.5) is 0 Å². The van der Waals surface area contributed by atoms with Gasteiger partial charge < -0.3 is 14.6 Å². The van der Waals surface area contributed by atoms with Crippen LogP contribution in [0.5, 0.6) is 11.5 Å². The fourth-order valence-electron chi connectivity index (χ4n) is 2.65. The Balaban J connectivity index is 2.21. The van der Waals surface area contributed by atoms with E-state index < -0.39 is 5.97 Å². The molecule has 1 N–H and O–H groups in total. The highest BCUT2D eigenvalue weighted by molar-refractivity contribution is 5.94. The van der Waals surface area contributed by atoms with Crippen molar-refractivity contribution in [3.63, 3.8) is 0 Å². The van der Waals surface area contributed by atoms with Crippen LogP contribution < -0.4 is 9.47 Å². The first kappa shape index (κ1) is 10.4. The molecule has 1 aromatic rings. The molecule has 2 atom stereocenters. The minimum absolute atomic E-state index is 0.0445. The molecule has 0 aliphatic carbocycles. The van der Waals surface area contributed by atoms with Crippen molar-refractivity contribution in [3.05, 3.63) is 22.8 Å². The summed E-state index contributed by atoms with van der Waals surface area (Å²) in [6, 6.07) is 1.93. The van der Waals surface area contributed by atoms with E-state index in [2.05, 4.69) is 0 Å². The van der Waals surface area contributed by atoms with Gasteiger partial charge in [-0.2, -0.15) is 0 Å². The molecule has 2 unspecified atom stereocenters. The molecule has 0 fully saturated rings. The minimum Gasteiger partial charge on any atom is -0.490 e. The molecule has 17 heavy (non-hydrogen) atoms. The molecule has 2 heterocycles. The molecule has 0 aromatic heterocycles. The lowest BCUT2D eigenvalue weighted by molar-refractivity contribution is 0.0690. The zero-order valence-electron chi connectivity index (χ0n) is 9.82. The fraction of sp³-hybridized carbons (Fsp3) is 0.462. The first-order chi connectivity index (χ1) is 8.06. The van der Waals surface area contributed by atoms with Gasteiger partial charge in [0.15, 0.2) is 0 Å². The van der Waals surface area contributed by atoms with Crippen molar-refractivity contribution < 1.29 is 19.4 Å². The first-order valence-corrected chi connectivity index (χ1v) is 5.81. The molecule has 90 valence electrons. The molecule has 1 aromatic carbocycles. The molecule has 0 saturated heterocycles. The fourth-order valence-corrected chi connectivity index (χ4v) is 2.65. The summed E-state index contributed by atoms with van der Waals surface area (Å²) in [7, 11) is 0. The van der Waals surface area contributed by atoms with Crippen LogP contribution in [0.2, 0.25) is 0 Å². The van der Waals surface area contributed by atoms with Gasteiger partial charge in [0.25, 0.3) is 0 Å². The Kier molecular flexibility index (Phi) is 2.08. The second-order valence-electron chi connectivity index (χ2n) is 4.79. The van der Waals surface area contributed by atoms with Gasteiger partial charge >= 0.3 is 5.97 Å². The van der Waals surface area contributed by atoms with Crippen LogP contribution in [0.3, 0.4) is 0 Å². The molecule has 0 bridgehead atoms. The zero-order valence-corrected chi connectivity index (χ0v) is 9.82. The Morgan fingerprint density at radius 2 is 2.00 bits per heavy atom. The summed E-state index contributed by atoms with van der Waals surface area (Å²) >= 11 is 0. The second kappa shape index (κ2) is 3.39. The number of rotatable bonds is 1. The summed E-state index contributed by atoms with van der Waals surface area (Å²) in [6.45, 7) is 3.89. The Morgan fingerprint density at radius 3 is 2.71 bits per heavy atom. The van der Waals surface area contributed by atoms with Crippen molar-refractivity contribution in [3.8, 4) is 11.5 Å². The van der Waals surface area contributed by atoms with Crippen LogP contribution in [0, 0.1) is 0 Å². The van der Waals surface area contributed by atoms with Gasteiger partial charge in [0, 0.05) is 24.0 Å². The number of carbonyl (C=O) groups is 1. The Bertz CT molecular complexity index is 470. The summed E-state index contributed by atoms with van der Waals surface area (Å²) < 4.78 is 11.3. The number of carboxylic acids is 1. The highest BCUT2D eigenvalue weighted by atomic mass is 16.5. The standard InChI is InChI=1S/C13H14O4/c1-6-3-8-5-10-9(4-7(2)16-10)11(13(14)15)12(8)17-6/h5-7H,3-4H2,1-2H3,(H,14,15). The van der Waals surface area contributed by atoms with Crippen molar-refractivity contribution in [2.24, 2.45) is 0 Å². The summed E-state index contributed by atoms with van der Waals surface area (Å²) in [4.78, 5) is 11.4. The minimum atomic E-state index is -0.926. The number of carboxylic acid groups (broad SMARTS) is 1. The van der Waals surface area contributed by atoms with E-state index in [1.807, 2.05) is 19.9 Å². The van der Waals surface area contributed by atoms with Gasteiger partial charge in [-0.25, -0.2) is 4.79 Å². The predicted octanol–water partition coefficient (Wildman–Crippen LogP) is 2.03. The normalized spacial score (nSPS) is 24.8. The first-order valence-electron chi connectivity index (χ1n) is 5.81. The van der Waals surface area contributed by atoms with Gasteiger partial charge in [0.05, 0.1) is 0 Å². The van der Waals surface area contributed by atoms with Gasteiger partial charge in [-0.05, 0) is 19.9 Å². The lowest BCUT2D eigenvalue weighted by atomic mass is 9.98. The van der Waals surface area contributed by atoms with Crippen LogP contribution >= 0.6 is 0 Å². The maximum atomic E-state index is 11.4. The van der Waals surface area contributed by atoms with Crippen LogP contribution in [-0.2, 0) is 12.8 Å². The van der Waals surface area contributed by atoms with Gasteiger partial charge in [-0.15, -0.1) is 0 Å². The van der Waals surface area contributed by atoms with E-state index in [0.29, 0.717) is 23.5 Å². The van der Waals surface area contributed by atoms with Crippen molar-refractivity contribution in [1.82, 2.24) is 0 Å². The van der Waals surface area contributed by atoms with Crippen LogP contribution in [0.25, 0.3) is 0 Å². The van der Waals surface area contributed by atoms with E-state index in [4.69, 9.17) is 9.47 Å². The van der Waals surface area contributed by atoms with Gasteiger partial charge in [-0.3, -0.25) is 0 Å². The van der Waals surface area contributed by atoms with E-state index >= 15 is 0 Å². The lowest BCUT2D eigenvalue weighted by Gasteiger charge is -2.09. The third-order valence-electron chi connectivity index (χ3n) is 3.28. The molecular formula is C13H14O4. The predicted molar refractivity (Wildman–Crippen MR) is 61.0 cm³/mol. The Morgan fingerprint density at radius 1 is 1.29 bits per heavy atom. The molecule has 4 nitrogen and oxygen atoms in total. The van der Waals surface area contributed by atoms with Crippen molar-refractivity contribution in [2.75, 3.05) is 0 Å². The summed E-state index contributed by atoms with van der Waals surface area (Å²) in [5.41, 5.74) is 2.02. The Labute approximate surface area is 99.2 Å². The number of ether oxygens (including phenoxy) is 2. The third kappa shape index (κ3) is 1.47. The van der Waals surface area contributed by atoms with Crippen LogP contribution in [0.15, 0.2) is 6.07 Å². The van der Waals surface area contributed by atoms with E-state index in [-0.39, 0.29) is 12.2 Å². The van der Waals surface area contributed by atoms with E-state index in [9.17, 15) is 9.90 Å². The number of hydrogen-bond acceptors (Lipinski definition) is 3. The number of aromatic carboxylic acids is 1. The molecule has 0 radical (unpaired) electrons. The zero-order chi connectivity index (χ0) is 12.2. The van der Waals surface area contributed by atoms with E-state index in [1.54, 1.807) is 0 Å². The number of benzene rings is 1. The van der Waals surface area contributed by atoms with Crippen molar-refractivity contribution in [2.45, 2.75) is 38.9 Å². The molecule has 0 amide bonds. The Hall–Kier alpha value is -1.71. The number of hydrogen-bond donors (Lipinski definition) is 1. The molecule has 4 heteroatoms. The average Bonchev–Trinajstić information content (AvgIpc) is 2.73. The van der Waals surface area contributed by atoms with E-state index in [0.717, 1.165) is 17.5 Å². The van der Waals surface area contributed by atoms with Crippen molar-refractivity contribution in [1.29, 1.82) is 0 Å². The molecule has 0 spiro atoms. The molecule has 2 aliphatic rings. The maximum Gasteiger partial charge on any atom is 0.339 e. The largest absolute Gasteiger partial charge is 0.490 e. The topological polar surface area (TPSA) is 55.8 Å². The quantitative estimate of drug-likeness (QED) is 0.807. The van der Waals surface area contributed by atoms with Crippen LogP contribution in [-0.4, -0.2) is 23.3 Å². The highest BCUT2D eigenvalue weighted by Gasteiger charge is 2.34. The number of fused-ring (bicyclic) bond motifs is 2. The van der Waals surface area contributed by atoms with Gasteiger partial charge in [-0.1, -0.05) is 0 Å². The summed E-state index contributed by atoms with van der Waals surface area (Å²) in [6.07, 6.45) is 1.48. The SMILES string of the molecule is CC1Cc2c(cc3c(c2C(=O)O)OC(C)C3)O1. The van der Waals surface area contributed by atoms with E-state index in [1.165, 1.54) is 0 Å². The van der Waals surface area contributed by atoms with Gasteiger partial charge in [0.1, 0.15) is 29.3 Å². The highest BCUT2D eigenvalue weighted by Crippen LogP contribution is 2.43. The average molecular weight is 234 g/mol. The molecular weight excluding hydrogens is 220 g/mol. The monoisotopic (exact) mass is 234 g/mol. The van der Waals surface area contributed by atoms with Crippen molar-refractivity contribution >= 4 is 5.97 Å². The second-order valence-corrected chi connectivity index (χ2v) is 4.79. The summed E-state index contributed by atoms with van der Waals surface area (Å²) in [5, 5.41) is 9.35. The lowest BCUT2D eigenvalue weighted by Crippen LogP contribution is -2.09. The smallest absolute Gasteiger partial charge is 0.339 e. The third-order valence-corrected chi connectivity index (χ3v) is 3.28. The van der Waals surface area contributed by atoms with Crippen LogP contribution in [0.1, 0.15) is 35.3 Å².